The number of fused-ring (bicyclic) bond motifs is 1. The summed E-state index contributed by atoms with van der Waals surface area (Å²) in [6.07, 6.45) is -4.96. The first-order valence-electron chi connectivity index (χ1n) is 5.01. The molecule has 1 aromatic rings. The maximum absolute atomic E-state index is 12.4. The van der Waals surface area contributed by atoms with E-state index in [1.54, 1.807) is 0 Å². The van der Waals surface area contributed by atoms with Crippen molar-refractivity contribution in [1.82, 2.24) is 4.90 Å². The van der Waals surface area contributed by atoms with Gasteiger partial charge in [0.2, 0.25) is 0 Å². The molecule has 0 aliphatic carbocycles. The lowest BCUT2D eigenvalue weighted by atomic mass is 10.4. The van der Waals surface area contributed by atoms with Gasteiger partial charge >= 0.3 is 12.1 Å². The van der Waals surface area contributed by atoms with E-state index in [2.05, 4.69) is 15.9 Å². The number of nitrogens with zero attached hydrogens (tertiary/aromatic N) is 1. The van der Waals surface area contributed by atoms with Gasteiger partial charge in [-0.25, -0.2) is 0 Å². The lowest BCUT2D eigenvalue weighted by molar-refractivity contribution is -0.185. The zero-order chi connectivity index (χ0) is 14.4. The molecule has 0 fully saturated rings. The van der Waals surface area contributed by atoms with Crippen LogP contribution in [-0.4, -0.2) is 38.4 Å². The van der Waals surface area contributed by atoms with Gasteiger partial charge in [-0.2, -0.15) is 23.8 Å². The molecule has 0 spiro atoms. The largest absolute Gasteiger partial charge is 0.471 e. The third kappa shape index (κ3) is 3.07. The van der Waals surface area contributed by atoms with Crippen molar-refractivity contribution in [1.29, 1.82) is 0 Å². The fourth-order valence-electron chi connectivity index (χ4n) is 1.72. The van der Waals surface area contributed by atoms with Crippen LogP contribution in [0.4, 0.5) is 13.2 Å². The van der Waals surface area contributed by atoms with Crippen LogP contribution in [0.1, 0.15) is 4.88 Å². The van der Waals surface area contributed by atoms with Crippen LogP contribution in [0.2, 0.25) is 0 Å². The van der Waals surface area contributed by atoms with Gasteiger partial charge in [0.05, 0.1) is 21.0 Å². The van der Waals surface area contributed by atoms with E-state index in [1.165, 1.54) is 6.07 Å². The van der Waals surface area contributed by atoms with Crippen molar-refractivity contribution in [3.05, 3.63) is 14.7 Å². The van der Waals surface area contributed by atoms with Crippen LogP contribution in [-0.2, 0) is 11.3 Å². The third-order valence-corrected chi connectivity index (χ3v) is 6.17. The van der Waals surface area contributed by atoms with Crippen LogP contribution < -0.4 is 0 Å². The van der Waals surface area contributed by atoms with Crippen molar-refractivity contribution < 1.29 is 27.1 Å². The first kappa shape index (κ1) is 15.1. The van der Waals surface area contributed by atoms with Gasteiger partial charge in [0.1, 0.15) is 0 Å². The molecule has 108 valence electrons. The SMILES string of the molecule is O=C(N1CCS(O)(O)c2cc(Br)sc2C1)C(F)(F)F. The van der Waals surface area contributed by atoms with Gasteiger partial charge in [0.25, 0.3) is 0 Å². The average Bonchev–Trinajstić information content (AvgIpc) is 2.59. The predicted octanol–water partition coefficient (Wildman–Crippen LogP) is 3.52. The molecule has 2 heterocycles. The van der Waals surface area contributed by atoms with Crippen molar-refractivity contribution in [3.8, 4) is 0 Å². The molecule has 1 amide bonds. The lowest BCUT2D eigenvalue weighted by Crippen LogP contribution is -2.41. The second kappa shape index (κ2) is 4.92. The Kier molecular flexibility index (Phi) is 3.91. The molecule has 19 heavy (non-hydrogen) atoms. The molecule has 0 aromatic carbocycles. The Bertz CT molecular complexity index is 517. The fraction of sp³-hybridized carbons (Fsp3) is 0.444. The molecule has 0 bridgehead atoms. The first-order valence-corrected chi connectivity index (χ1v) is 8.34. The average molecular weight is 380 g/mol. The highest BCUT2D eigenvalue weighted by atomic mass is 79.9. The topological polar surface area (TPSA) is 60.8 Å². The molecule has 4 nitrogen and oxygen atoms in total. The van der Waals surface area contributed by atoms with E-state index in [0.717, 1.165) is 11.3 Å². The highest BCUT2D eigenvalue weighted by Gasteiger charge is 2.44. The number of carbonyl (C=O) groups excluding carboxylic acids is 1. The van der Waals surface area contributed by atoms with Crippen molar-refractivity contribution in [2.24, 2.45) is 0 Å². The standard InChI is InChI=1S/C9H9BrF3NO3S2/c10-7-3-6-5(18-7)4-14(1-2-19(6,16)17)8(15)9(11,12)13/h3,16-17H,1-2,4H2. The van der Waals surface area contributed by atoms with E-state index in [4.69, 9.17) is 0 Å². The summed E-state index contributed by atoms with van der Waals surface area (Å²) < 4.78 is 57.7. The maximum atomic E-state index is 12.4. The van der Waals surface area contributed by atoms with E-state index >= 15 is 0 Å². The molecule has 0 saturated heterocycles. The second-order valence-corrected chi connectivity index (χ2v) is 8.63. The number of thiophene rings is 1. The molecule has 2 N–H and O–H groups in total. The molecular formula is C9H9BrF3NO3S2. The second-order valence-electron chi connectivity index (χ2n) is 3.93. The van der Waals surface area contributed by atoms with E-state index in [1.807, 2.05) is 0 Å². The molecule has 1 aliphatic rings. The quantitative estimate of drug-likeness (QED) is 0.724. The molecule has 0 atom stereocenters. The molecule has 1 aromatic heterocycles. The summed E-state index contributed by atoms with van der Waals surface area (Å²) in [5.41, 5.74) is 0. The van der Waals surface area contributed by atoms with Crippen LogP contribution in [0.3, 0.4) is 0 Å². The molecule has 2 rings (SSSR count). The van der Waals surface area contributed by atoms with Gasteiger partial charge in [-0.1, -0.05) is 0 Å². The molecule has 10 heteroatoms. The number of hydrogen-bond donors (Lipinski definition) is 2. The summed E-state index contributed by atoms with van der Waals surface area (Å²) in [4.78, 5) is 12.4. The van der Waals surface area contributed by atoms with Gasteiger partial charge in [-0.05, 0) is 22.0 Å². The Morgan fingerprint density at radius 2 is 2.11 bits per heavy atom. The molecule has 1 aliphatic heterocycles. The molecule has 0 unspecified atom stereocenters. The number of carbonyl (C=O) groups is 1. The number of alkyl halides is 3. The Morgan fingerprint density at radius 1 is 1.47 bits per heavy atom. The third-order valence-electron chi connectivity index (χ3n) is 2.60. The Labute approximate surface area is 120 Å². The van der Waals surface area contributed by atoms with E-state index in [9.17, 15) is 27.1 Å². The van der Waals surface area contributed by atoms with Crippen LogP contribution in [0, 0.1) is 0 Å². The van der Waals surface area contributed by atoms with Gasteiger partial charge in [-0.3, -0.25) is 13.9 Å². The molecular weight excluding hydrogens is 371 g/mol. The summed E-state index contributed by atoms with van der Waals surface area (Å²) in [6.45, 7) is -0.598. The normalized spacial score (nSPS) is 20.6. The zero-order valence-electron chi connectivity index (χ0n) is 9.28. The summed E-state index contributed by atoms with van der Waals surface area (Å²) in [6, 6.07) is 1.48. The summed E-state index contributed by atoms with van der Waals surface area (Å²) in [7, 11) is -3.15. The molecule has 0 saturated carbocycles. The Balaban J connectivity index is 2.35. The summed E-state index contributed by atoms with van der Waals surface area (Å²) in [5.74, 6) is -2.24. The number of halogens is 4. The zero-order valence-corrected chi connectivity index (χ0v) is 12.5. The van der Waals surface area contributed by atoms with E-state index in [-0.39, 0.29) is 23.7 Å². The Morgan fingerprint density at radius 3 is 2.68 bits per heavy atom. The van der Waals surface area contributed by atoms with Crippen molar-refractivity contribution >= 4 is 43.8 Å². The fourth-order valence-corrected chi connectivity index (χ4v) is 5.51. The summed E-state index contributed by atoms with van der Waals surface area (Å²) in [5, 5.41) is 0. The first-order chi connectivity index (χ1) is 8.61. The number of rotatable bonds is 0. The van der Waals surface area contributed by atoms with Crippen molar-refractivity contribution in [2.75, 3.05) is 12.3 Å². The number of hydrogen-bond acceptors (Lipinski definition) is 4. The summed E-state index contributed by atoms with van der Waals surface area (Å²) >= 11 is 4.24. The monoisotopic (exact) mass is 379 g/mol. The van der Waals surface area contributed by atoms with Crippen molar-refractivity contribution in [3.63, 3.8) is 0 Å². The highest BCUT2D eigenvalue weighted by Crippen LogP contribution is 2.54. The minimum atomic E-state index is -4.96. The van der Waals surface area contributed by atoms with E-state index in [0.29, 0.717) is 13.6 Å². The van der Waals surface area contributed by atoms with Crippen LogP contribution in [0.15, 0.2) is 14.7 Å². The van der Waals surface area contributed by atoms with Crippen LogP contribution in [0.5, 0.6) is 0 Å². The smallest absolute Gasteiger partial charge is 0.328 e. The maximum Gasteiger partial charge on any atom is 0.471 e. The molecule has 0 radical (unpaired) electrons. The van der Waals surface area contributed by atoms with Gasteiger partial charge in [-0.15, -0.1) is 11.3 Å². The lowest BCUT2D eigenvalue weighted by Gasteiger charge is -2.31. The van der Waals surface area contributed by atoms with Gasteiger partial charge in [0.15, 0.2) is 0 Å². The Hall–Kier alpha value is -0.290. The minimum absolute atomic E-state index is 0.224. The van der Waals surface area contributed by atoms with Crippen molar-refractivity contribution in [2.45, 2.75) is 17.6 Å². The minimum Gasteiger partial charge on any atom is -0.328 e. The highest BCUT2D eigenvalue weighted by molar-refractivity contribution is 9.11. The van der Waals surface area contributed by atoms with Gasteiger partial charge in [0, 0.05) is 11.4 Å². The van der Waals surface area contributed by atoms with Crippen LogP contribution in [0.25, 0.3) is 0 Å². The van der Waals surface area contributed by atoms with Gasteiger partial charge < -0.3 is 4.90 Å². The van der Waals surface area contributed by atoms with Crippen LogP contribution >= 0.6 is 37.9 Å². The number of amides is 1. The van der Waals surface area contributed by atoms with E-state index < -0.39 is 22.7 Å². The predicted molar refractivity (Wildman–Crippen MR) is 69.5 cm³/mol.